The molecule has 9 heteroatoms. The van der Waals surface area contributed by atoms with E-state index in [2.05, 4.69) is 36.1 Å². The van der Waals surface area contributed by atoms with Crippen LogP contribution in [0.3, 0.4) is 0 Å². The van der Waals surface area contributed by atoms with Crippen LogP contribution in [0.5, 0.6) is 0 Å². The molecule has 0 aliphatic heterocycles. The molecule has 3 N–H and O–H groups in total. The third-order valence-electron chi connectivity index (χ3n) is 4.47. The van der Waals surface area contributed by atoms with Crippen LogP contribution in [0.15, 0.2) is 54.9 Å². The normalized spacial score (nSPS) is 10.7. The monoisotopic (exact) mass is 402 g/mol. The van der Waals surface area contributed by atoms with Gasteiger partial charge in [-0.05, 0) is 55.8 Å². The van der Waals surface area contributed by atoms with Crippen LogP contribution in [0.25, 0.3) is 5.65 Å². The number of carbonyl (C=O) groups excluding carboxylic acids is 1. The molecule has 152 valence electrons. The van der Waals surface area contributed by atoms with Gasteiger partial charge in [0.05, 0.1) is 5.69 Å². The van der Waals surface area contributed by atoms with E-state index < -0.39 is 0 Å². The molecule has 0 unspecified atom stereocenters. The number of imidazole rings is 1. The van der Waals surface area contributed by atoms with Gasteiger partial charge >= 0.3 is 0 Å². The van der Waals surface area contributed by atoms with Gasteiger partial charge in [0.25, 0.3) is 5.91 Å². The summed E-state index contributed by atoms with van der Waals surface area (Å²) in [6, 6.07) is 13.1. The Morgan fingerprint density at radius 3 is 2.63 bits per heavy atom. The van der Waals surface area contributed by atoms with Gasteiger partial charge in [-0.3, -0.25) is 9.20 Å². The molecular weight excluding hydrogens is 380 g/mol. The number of aryl methyl sites for hydroxylation is 2. The van der Waals surface area contributed by atoms with Crippen molar-refractivity contribution in [2.75, 3.05) is 23.7 Å². The molecule has 30 heavy (non-hydrogen) atoms. The zero-order chi connectivity index (χ0) is 20.9. The SMILES string of the molecule is Cc1ccnc(Nc2ccc(NCCNC(=O)c3c(C)nc4ccccn34)nn2)c1. The highest BCUT2D eigenvalue weighted by atomic mass is 16.1. The third kappa shape index (κ3) is 4.35. The Labute approximate surface area is 173 Å². The molecule has 1 amide bonds. The molecule has 0 saturated heterocycles. The molecule has 0 aliphatic carbocycles. The number of hydrogen-bond donors (Lipinski definition) is 3. The van der Waals surface area contributed by atoms with Gasteiger partial charge in [0.1, 0.15) is 23.0 Å². The largest absolute Gasteiger partial charge is 0.367 e. The van der Waals surface area contributed by atoms with Crippen LogP contribution in [-0.4, -0.2) is 43.6 Å². The fourth-order valence-electron chi connectivity index (χ4n) is 3.07. The highest BCUT2D eigenvalue weighted by Gasteiger charge is 2.15. The summed E-state index contributed by atoms with van der Waals surface area (Å²) < 4.78 is 1.79. The van der Waals surface area contributed by atoms with Crippen molar-refractivity contribution in [3.63, 3.8) is 0 Å². The Bertz CT molecular complexity index is 1170. The first-order chi connectivity index (χ1) is 14.6. The van der Waals surface area contributed by atoms with Crippen LogP contribution in [-0.2, 0) is 0 Å². The minimum absolute atomic E-state index is 0.163. The number of rotatable bonds is 7. The number of nitrogens with zero attached hydrogens (tertiary/aromatic N) is 5. The summed E-state index contributed by atoms with van der Waals surface area (Å²) in [5.74, 6) is 1.78. The second kappa shape index (κ2) is 8.56. The van der Waals surface area contributed by atoms with Crippen molar-refractivity contribution < 1.29 is 4.79 Å². The number of amides is 1. The lowest BCUT2D eigenvalue weighted by Crippen LogP contribution is -2.30. The number of fused-ring (bicyclic) bond motifs is 1. The molecule has 4 aromatic heterocycles. The Morgan fingerprint density at radius 2 is 1.83 bits per heavy atom. The number of hydrogen-bond acceptors (Lipinski definition) is 7. The maximum Gasteiger partial charge on any atom is 0.270 e. The second-order valence-corrected chi connectivity index (χ2v) is 6.80. The predicted octanol–water partition coefficient (Wildman–Crippen LogP) is 2.72. The summed E-state index contributed by atoms with van der Waals surface area (Å²) in [5, 5.41) is 17.4. The molecule has 4 rings (SSSR count). The summed E-state index contributed by atoms with van der Waals surface area (Å²) >= 11 is 0. The molecular formula is C21H22N8O. The lowest BCUT2D eigenvalue weighted by atomic mass is 10.3. The minimum Gasteiger partial charge on any atom is -0.367 e. The average Bonchev–Trinajstić information content (AvgIpc) is 3.08. The van der Waals surface area contributed by atoms with Crippen LogP contribution in [0.4, 0.5) is 17.5 Å². The van der Waals surface area contributed by atoms with E-state index in [9.17, 15) is 4.79 Å². The molecule has 0 atom stereocenters. The first-order valence-electron chi connectivity index (χ1n) is 9.59. The first kappa shape index (κ1) is 19.3. The van der Waals surface area contributed by atoms with E-state index in [-0.39, 0.29) is 5.91 Å². The van der Waals surface area contributed by atoms with E-state index in [1.807, 2.05) is 62.5 Å². The van der Waals surface area contributed by atoms with Crippen molar-refractivity contribution in [1.29, 1.82) is 0 Å². The summed E-state index contributed by atoms with van der Waals surface area (Å²) in [5.41, 5.74) is 3.11. The number of carbonyl (C=O) groups is 1. The lowest BCUT2D eigenvalue weighted by molar-refractivity contribution is 0.0948. The van der Waals surface area contributed by atoms with E-state index >= 15 is 0 Å². The Hall–Kier alpha value is -4.01. The van der Waals surface area contributed by atoms with E-state index in [0.29, 0.717) is 36.1 Å². The number of nitrogens with one attached hydrogen (secondary N) is 3. The molecule has 0 spiro atoms. The molecule has 0 radical (unpaired) electrons. The summed E-state index contributed by atoms with van der Waals surface area (Å²) in [7, 11) is 0. The zero-order valence-electron chi connectivity index (χ0n) is 16.8. The summed E-state index contributed by atoms with van der Waals surface area (Å²) in [4.78, 5) is 21.2. The van der Waals surface area contributed by atoms with Crippen molar-refractivity contribution in [1.82, 2.24) is 29.9 Å². The Morgan fingerprint density at radius 1 is 1.00 bits per heavy atom. The number of anilines is 3. The number of pyridine rings is 2. The molecule has 0 aromatic carbocycles. The van der Waals surface area contributed by atoms with Crippen molar-refractivity contribution in [2.24, 2.45) is 0 Å². The lowest BCUT2D eigenvalue weighted by Gasteiger charge is -2.09. The standard InChI is InChI=1S/C21H22N8O/c1-14-8-9-22-18(13-14)26-17-7-6-16(27-28-17)23-10-11-24-21(30)20-15(2)25-19-5-3-4-12-29(19)20/h3-9,12-13H,10-11H2,1-2H3,(H,23,27)(H,24,30)(H,22,26,28). The summed E-state index contributed by atoms with van der Waals surface area (Å²) in [6.45, 7) is 4.79. The van der Waals surface area contributed by atoms with Crippen LogP contribution < -0.4 is 16.0 Å². The van der Waals surface area contributed by atoms with E-state index in [4.69, 9.17) is 0 Å². The van der Waals surface area contributed by atoms with Crippen molar-refractivity contribution in [2.45, 2.75) is 13.8 Å². The topological polar surface area (TPSA) is 109 Å². The van der Waals surface area contributed by atoms with Gasteiger partial charge in [-0.15, -0.1) is 10.2 Å². The molecule has 0 saturated carbocycles. The van der Waals surface area contributed by atoms with E-state index in [0.717, 1.165) is 17.0 Å². The fraction of sp³-hybridized carbons (Fsp3) is 0.190. The number of aromatic nitrogens is 5. The summed E-state index contributed by atoms with van der Waals surface area (Å²) in [6.07, 6.45) is 3.57. The molecule has 4 aromatic rings. The van der Waals surface area contributed by atoms with Gasteiger partial charge in [0.15, 0.2) is 5.82 Å². The minimum atomic E-state index is -0.163. The second-order valence-electron chi connectivity index (χ2n) is 6.80. The van der Waals surface area contributed by atoms with Gasteiger partial charge < -0.3 is 16.0 Å². The van der Waals surface area contributed by atoms with Crippen LogP contribution >= 0.6 is 0 Å². The van der Waals surface area contributed by atoms with Gasteiger partial charge in [0, 0.05) is 25.5 Å². The fourth-order valence-corrected chi connectivity index (χ4v) is 3.07. The van der Waals surface area contributed by atoms with Gasteiger partial charge in [-0.25, -0.2) is 9.97 Å². The maximum atomic E-state index is 12.6. The molecule has 4 heterocycles. The first-order valence-corrected chi connectivity index (χ1v) is 9.59. The highest BCUT2D eigenvalue weighted by Crippen LogP contribution is 2.14. The quantitative estimate of drug-likeness (QED) is 0.408. The van der Waals surface area contributed by atoms with Crippen LogP contribution in [0, 0.1) is 13.8 Å². The maximum absolute atomic E-state index is 12.6. The average molecular weight is 402 g/mol. The van der Waals surface area contributed by atoms with Crippen LogP contribution in [0.2, 0.25) is 0 Å². The van der Waals surface area contributed by atoms with E-state index in [1.54, 1.807) is 10.6 Å². The van der Waals surface area contributed by atoms with Crippen molar-refractivity contribution >= 4 is 29.0 Å². The third-order valence-corrected chi connectivity index (χ3v) is 4.47. The molecule has 0 aliphatic rings. The molecule has 9 nitrogen and oxygen atoms in total. The Balaban J connectivity index is 1.28. The van der Waals surface area contributed by atoms with Crippen molar-refractivity contribution in [3.05, 3.63) is 71.8 Å². The molecule has 0 bridgehead atoms. The van der Waals surface area contributed by atoms with Crippen molar-refractivity contribution in [3.8, 4) is 0 Å². The van der Waals surface area contributed by atoms with E-state index in [1.165, 1.54) is 0 Å². The predicted molar refractivity (Wildman–Crippen MR) is 115 cm³/mol. The zero-order valence-corrected chi connectivity index (χ0v) is 16.8. The van der Waals surface area contributed by atoms with Gasteiger partial charge in [-0.2, -0.15) is 0 Å². The highest BCUT2D eigenvalue weighted by molar-refractivity contribution is 5.94. The Kier molecular flexibility index (Phi) is 5.51. The smallest absolute Gasteiger partial charge is 0.270 e. The van der Waals surface area contributed by atoms with Gasteiger partial charge in [-0.1, -0.05) is 6.07 Å². The van der Waals surface area contributed by atoms with Gasteiger partial charge in [0.2, 0.25) is 0 Å². The van der Waals surface area contributed by atoms with Crippen LogP contribution in [0.1, 0.15) is 21.7 Å². The molecule has 0 fully saturated rings.